The average molecular weight is 392 g/mol. The molecule has 2 amide bonds. The molecule has 1 heterocycles. The lowest BCUT2D eigenvalue weighted by molar-refractivity contribution is -0.123. The first-order valence-corrected chi connectivity index (χ1v) is 8.40. The van der Waals surface area contributed by atoms with E-state index in [-0.39, 0.29) is 22.3 Å². The van der Waals surface area contributed by atoms with Crippen LogP contribution in [0.25, 0.3) is 6.08 Å². The molecule has 0 aliphatic carbocycles. The number of nitrogens with zero attached hydrogens (tertiary/aromatic N) is 1. The molecule has 1 fully saturated rings. The Labute approximate surface area is 145 Å². The van der Waals surface area contributed by atoms with Crippen LogP contribution in [0.2, 0.25) is 0 Å². The van der Waals surface area contributed by atoms with E-state index in [0.717, 1.165) is 17.3 Å². The van der Waals surface area contributed by atoms with E-state index >= 15 is 0 Å². The summed E-state index contributed by atoms with van der Waals surface area (Å²) < 4.78 is 14.5. The van der Waals surface area contributed by atoms with Crippen LogP contribution in [0.5, 0.6) is 0 Å². The van der Waals surface area contributed by atoms with Gasteiger partial charge < -0.3 is 0 Å². The summed E-state index contributed by atoms with van der Waals surface area (Å²) in [6, 6.07) is 13.7. The molecule has 2 aromatic rings. The first kappa shape index (κ1) is 16.0. The molecule has 0 unspecified atom stereocenters. The zero-order chi connectivity index (χ0) is 16.4. The number of thioether (sulfide) groups is 1. The highest BCUT2D eigenvalue weighted by molar-refractivity contribution is 9.10. The molecule has 0 bridgehead atoms. The molecule has 3 nitrogen and oxygen atoms in total. The van der Waals surface area contributed by atoms with E-state index in [2.05, 4.69) is 15.9 Å². The SMILES string of the molecule is O=C1S/C(=C\c2cc(Br)ccc2F)C(=O)N1Cc1ccccc1. The van der Waals surface area contributed by atoms with Crippen molar-refractivity contribution in [1.29, 1.82) is 0 Å². The Balaban J connectivity index is 1.86. The standard InChI is InChI=1S/C17H11BrFNO2S/c18-13-6-7-14(19)12(8-13)9-15-16(21)20(17(22)23-15)10-11-4-2-1-3-5-11/h1-9H,10H2/b15-9-. The Morgan fingerprint density at radius 3 is 2.61 bits per heavy atom. The summed E-state index contributed by atoms with van der Waals surface area (Å²) >= 11 is 4.09. The zero-order valence-corrected chi connectivity index (χ0v) is 14.2. The van der Waals surface area contributed by atoms with Gasteiger partial charge in [0.1, 0.15) is 5.82 Å². The third kappa shape index (κ3) is 3.54. The normalized spacial score (nSPS) is 16.4. The molecule has 0 radical (unpaired) electrons. The number of imide groups is 1. The molecule has 0 atom stereocenters. The molecule has 2 aromatic carbocycles. The highest BCUT2D eigenvalue weighted by Crippen LogP contribution is 2.34. The molecule has 116 valence electrons. The summed E-state index contributed by atoms with van der Waals surface area (Å²) in [6.07, 6.45) is 1.41. The van der Waals surface area contributed by atoms with E-state index in [1.165, 1.54) is 17.0 Å². The summed E-state index contributed by atoms with van der Waals surface area (Å²) in [5, 5.41) is -0.347. The molecule has 1 aliphatic rings. The minimum Gasteiger partial charge on any atom is -0.268 e. The van der Waals surface area contributed by atoms with Gasteiger partial charge in [0.05, 0.1) is 11.4 Å². The second kappa shape index (κ2) is 6.68. The number of hydrogen-bond donors (Lipinski definition) is 0. The third-order valence-electron chi connectivity index (χ3n) is 3.30. The van der Waals surface area contributed by atoms with Gasteiger partial charge in [-0.2, -0.15) is 0 Å². The van der Waals surface area contributed by atoms with Gasteiger partial charge in [0.2, 0.25) is 0 Å². The second-order valence-electron chi connectivity index (χ2n) is 4.92. The summed E-state index contributed by atoms with van der Waals surface area (Å²) in [4.78, 5) is 25.9. The van der Waals surface area contributed by atoms with Crippen LogP contribution in [0.1, 0.15) is 11.1 Å². The van der Waals surface area contributed by atoms with Crippen molar-refractivity contribution in [3.63, 3.8) is 0 Å². The maximum Gasteiger partial charge on any atom is 0.293 e. The molecular weight excluding hydrogens is 381 g/mol. The van der Waals surface area contributed by atoms with Gasteiger partial charge >= 0.3 is 0 Å². The molecule has 1 saturated heterocycles. The number of amides is 2. The van der Waals surface area contributed by atoms with Gasteiger partial charge in [0, 0.05) is 10.0 Å². The predicted octanol–water partition coefficient (Wildman–Crippen LogP) is 4.82. The van der Waals surface area contributed by atoms with Crippen LogP contribution in [0.15, 0.2) is 57.9 Å². The van der Waals surface area contributed by atoms with E-state index in [1.54, 1.807) is 12.1 Å². The van der Waals surface area contributed by atoms with Crippen molar-refractivity contribution in [1.82, 2.24) is 4.90 Å². The highest BCUT2D eigenvalue weighted by Gasteiger charge is 2.35. The van der Waals surface area contributed by atoms with Gasteiger partial charge in [-0.3, -0.25) is 14.5 Å². The maximum atomic E-state index is 13.8. The number of carbonyl (C=O) groups excluding carboxylic acids is 2. The third-order valence-corrected chi connectivity index (χ3v) is 4.70. The molecular formula is C17H11BrFNO2S. The van der Waals surface area contributed by atoms with Gasteiger partial charge in [-0.25, -0.2) is 4.39 Å². The Hall–Kier alpha value is -1.92. The minimum absolute atomic E-state index is 0.212. The van der Waals surface area contributed by atoms with E-state index < -0.39 is 11.7 Å². The quantitative estimate of drug-likeness (QED) is 0.703. The predicted molar refractivity (Wildman–Crippen MR) is 92.1 cm³/mol. The molecule has 6 heteroatoms. The second-order valence-corrected chi connectivity index (χ2v) is 6.83. The van der Waals surface area contributed by atoms with Crippen LogP contribution in [-0.2, 0) is 11.3 Å². The average Bonchev–Trinajstić information content (AvgIpc) is 2.80. The van der Waals surface area contributed by atoms with E-state index in [1.807, 2.05) is 30.3 Å². The molecule has 0 N–H and O–H groups in total. The van der Waals surface area contributed by atoms with E-state index in [4.69, 9.17) is 0 Å². The van der Waals surface area contributed by atoms with Crippen LogP contribution in [0, 0.1) is 5.82 Å². The van der Waals surface area contributed by atoms with Crippen LogP contribution in [-0.4, -0.2) is 16.0 Å². The lowest BCUT2D eigenvalue weighted by Crippen LogP contribution is -2.27. The van der Waals surface area contributed by atoms with Crippen molar-refractivity contribution in [2.24, 2.45) is 0 Å². The zero-order valence-electron chi connectivity index (χ0n) is 11.8. The van der Waals surface area contributed by atoms with Gasteiger partial charge in [0.25, 0.3) is 11.1 Å². The van der Waals surface area contributed by atoms with Crippen molar-refractivity contribution in [3.8, 4) is 0 Å². The van der Waals surface area contributed by atoms with Crippen LogP contribution in [0.4, 0.5) is 9.18 Å². The number of carbonyl (C=O) groups is 2. The van der Waals surface area contributed by atoms with E-state index in [9.17, 15) is 14.0 Å². The van der Waals surface area contributed by atoms with Crippen LogP contribution >= 0.6 is 27.7 Å². The summed E-state index contributed by atoms with van der Waals surface area (Å²) in [5.74, 6) is -0.841. The van der Waals surface area contributed by atoms with Gasteiger partial charge in [0.15, 0.2) is 0 Å². The minimum atomic E-state index is -0.442. The monoisotopic (exact) mass is 391 g/mol. The summed E-state index contributed by atoms with van der Waals surface area (Å²) in [6.45, 7) is 0.212. The van der Waals surface area contributed by atoms with Crippen molar-refractivity contribution in [2.45, 2.75) is 6.54 Å². The summed E-state index contributed by atoms with van der Waals surface area (Å²) in [7, 11) is 0. The fraction of sp³-hybridized carbons (Fsp3) is 0.0588. The molecule has 23 heavy (non-hydrogen) atoms. The fourth-order valence-corrected chi connectivity index (χ4v) is 3.38. The van der Waals surface area contributed by atoms with Crippen LogP contribution in [0.3, 0.4) is 0 Å². The van der Waals surface area contributed by atoms with Crippen molar-refractivity contribution < 1.29 is 14.0 Å². The lowest BCUT2D eigenvalue weighted by atomic mass is 10.2. The lowest BCUT2D eigenvalue weighted by Gasteiger charge is -2.12. The molecule has 1 aliphatic heterocycles. The number of rotatable bonds is 3. The molecule has 0 aromatic heterocycles. The Kier molecular flexibility index (Phi) is 4.63. The van der Waals surface area contributed by atoms with E-state index in [0.29, 0.717) is 4.47 Å². The Morgan fingerprint density at radius 2 is 1.87 bits per heavy atom. The van der Waals surface area contributed by atoms with Gasteiger partial charge in [-0.05, 0) is 41.6 Å². The number of hydrogen-bond acceptors (Lipinski definition) is 3. The number of halogens is 2. The van der Waals surface area contributed by atoms with Crippen LogP contribution < -0.4 is 0 Å². The van der Waals surface area contributed by atoms with Crippen molar-refractivity contribution in [3.05, 3.63) is 74.9 Å². The van der Waals surface area contributed by atoms with Crippen molar-refractivity contribution in [2.75, 3.05) is 0 Å². The largest absolute Gasteiger partial charge is 0.293 e. The first-order chi connectivity index (χ1) is 11.0. The fourth-order valence-electron chi connectivity index (χ4n) is 2.17. The Morgan fingerprint density at radius 1 is 1.13 bits per heavy atom. The first-order valence-electron chi connectivity index (χ1n) is 6.79. The smallest absolute Gasteiger partial charge is 0.268 e. The maximum absolute atomic E-state index is 13.8. The van der Waals surface area contributed by atoms with Gasteiger partial charge in [-0.1, -0.05) is 46.3 Å². The van der Waals surface area contributed by atoms with Gasteiger partial charge in [-0.15, -0.1) is 0 Å². The number of benzene rings is 2. The highest BCUT2D eigenvalue weighted by atomic mass is 79.9. The Bertz CT molecular complexity index is 807. The topological polar surface area (TPSA) is 37.4 Å². The summed E-state index contributed by atoms with van der Waals surface area (Å²) in [5.41, 5.74) is 1.13. The molecule has 0 saturated carbocycles. The molecule has 3 rings (SSSR count). The molecule has 0 spiro atoms. The van der Waals surface area contributed by atoms with Crippen molar-refractivity contribution >= 4 is 44.9 Å².